The van der Waals surface area contributed by atoms with Crippen molar-refractivity contribution >= 4 is 23.9 Å². The van der Waals surface area contributed by atoms with Gasteiger partial charge in [-0.2, -0.15) is 0 Å². The second-order valence-electron chi connectivity index (χ2n) is 4.68. The van der Waals surface area contributed by atoms with Gasteiger partial charge < -0.3 is 25.2 Å². The van der Waals surface area contributed by atoms with E-state index < -0.39 is 29.7 Å². The number of carbonyl (C=O) groups is 4. The number of carboxylic acids is 4. The van der Waals surface area contributed by atoms with Crippen molar-refractivity contribution in [3.63, 3.8) is 0 Å². The fourth-order valence-corrected chi connectivity index (χ4v) is 0.742. The van der Waals surface area contributed by atoms with Gasteiger partial charge in [0.25, 0.3) is 23.9 Å². The minimum atomic E-state index is -1.10. The van der Waals surface area contributed by atoms with E-state index in [0.29, 0.717) is 5.75 Å². The number of benzene rings is 1. The molecule has 1 aromatic rings. The molecule has 156 valence electrons. The van der Waals surface area contributed by atoms with E-state index in [1.54, 1.807) is 19.1 Å². The van der Waals surface area contributed by atoms with Gasteiger partial charge in [0.2, 0.25) is 5.85 Å². The van der Waals surface area contributed by atoms with Gasteiger partial charge in [0.05, 0.1) is 0 Å². The summed E-state index contributed by atoms with van der Waals surface area (Å²) in [5.74, 6) is -3.75. The predicted molar refractivity (Wildman–Crippen MR) is 97.1 cm³/mol. The van der Waals surface area contributed by atoms with Crippen LogP contribution in [-0.4, -0.2) is 50.2 Å². The molecule has 0 radical (unpaired) electrons. The minimum absolute atomic E-state index is 0.681. The van der Waals surface area contributed by atoms with Crippen LogP contribution in [0.4, 0.5) is 0 Å². The van der Waals surface area contributed by atoms with Crippen LogP contribution in [0.2, 0.25) is 0 Å². The van der Waals surface area contributed by atoms with Gasteiger partial charge in [0.1, 0.15) is 5.75 Å². The molecule has 0 aliphatic heterocycles. The first-order valence-corrected chi connectivity index (χ1v) is 7.11. The second-order valence-corrected chi connectivity index (χ2v) is 4.68. The Labute approximate surface area is 157 Å². The molecule has 0 aromatic heterocycles. The largest absolute Gasteiger partial charge is 0.481 e. The Hall–Kier alpha value is -3.18. The van der Waals surface area contributed by atoms with E-state index in [1.165, 1.54) is 0 Å². The van der Waals surface area contributed by atoms with Crippen LogP contribution >= 0.6 is 0 Å². The lowest BCUT2D eigenvalue weighted by Gasteiger charge is -2.20. The van der Waals surface area contributed by atoms with Crippen LogP contribution in [0, 0.1) is 0 Å². The maximum absolute atomic E-state index is 9.00. The van der Waals surface area contributed by atoms with Gasteiger partial charge in [-0.15, -0.1) is 0 Å². The highest BCUT2D eigenvalue weighted by molar-refractivity contribution is 5.63. The van der Waals surface area contributed by atoms with Crippen LogP contribution in [0.15, 0.2) is 30.3 Å². The Bertz CT molecular complexity index is 477. The average Bonchev–Trinajstić information content (AvgIpc) is 2.34. The van der Waals surface area contributed by atoms with Gasteiger partial charge >= 0.3 is 0 Å². The Kier molecular flexibility index (Phi) is 22.4. The normalized spacial score (nSPS) is 8.26. The first-order valence-electron chi connectivity index (χ1n) is 7.11. The highest BCUT2D eigenvalue weighted by Gasteiger charge is 2.11. The first kappa shape index (κ1) is 31.6. The van der Waals surface area contributed by atoms with Gasteiger partial charge in [0, 0.05) is 34.6 Å². The van der Waals surface area contributed by atoms with Crippen LogP contribution in [-0.2, 0) is 19.2 Å². The maximum Gasteiger partial charge on any atom is 0.300 e. The Morgan fingerprint density at radius 3 is 1.15 bits per heavy atom. The predicted octanol–water partition coefficient (Wildman–Crippen LogP) is 1.02. The number of nitrogens with two attached hydrogens (primary N) is 2. The lowest BCUT2D eigenvalue weighted by Crippen LogP contribution is -2.51. The summed E-state index contributed by atoms with van der Waals surface area (Å²) in [6.07, 6.45) is 0. The van der Waals surface area contributed by atoms with E-state index in [2.05, 4.69) is 0 Å². The quantitative estimate of drug-likeness (QED) is 0.391. The molecule has 0 amide bonds. The molecule has 0 spiro atoms. The fourth-order valence-electron chi connectivity index (χ4n) is 0.742. The summed E-state index contributed by atoms with van der Waals surface area (Å²) in [4.78, 5) is 36.0. The Morgan fingerprint density at radius 2 is 0.963 bits per heavy atom. The summed E-state index contributed by atoms with van der Waals surface area (Å²) < 4.78 is 5.16. The molecule has 0 aliphatic carbocycles. The average molecular weight is 392 g/mol. The number of para-hydroxylation sites is 1. The second kappa shape index (κ2) is 19.1. The van der Waals surface area contributed by atoms with Crippen molar-refractivity contribution in [2.24, 2.45) is 11.5 Å². The first-order chi connectivity index (χ1) is 12.0. The van der Waals surface area contributed by atoms with Crippen LogP contribution < -0.4 is 16.2 Å². The molecule has 11 heteroatoms. The topological polar surface area (TPSA) is 210 Å². The van der Waals surface area contributed by atoms with Crippen molar-refractivity contribution in [3.05, 3.63) is 30.3 Å². The maximum atomic E-state index is 9.00. The minimum Gasteiger partial charge on any atom is -0.481 e. The highest BCUT2D eigenvalue weighted by atomic mass is 16.5. The summed E-state index contributed by atoms with van der Waals surface area (Å²) in [5.41, 5.74) is 10.8. The molecule has 1 rings (SSSR count). The molecule has 11 nitrogen and oxygen atoms in total. The number of aliphatic carboxylic acids is 4. The molecule has 0 fully saturated rings. The van der Waals surface area contributed by atoms with Crippen molar-refractivity contribution in [3.8, 4) is 5.75 Å². The van der Waals surface area contributed by atoms with E-state index in [0.717, 1.165) is 27.7 Å². The molecular formula is C16H28N2O9. The number of ether oxygens (including phenoxy) is 1. The molecule has 8 N–H and O–H groups in total. The monoisotopic (exact) mass is 392 g/mol. The van der Waals surface area contributed by atoms with Crippen molar-refractivity contribution in [2.45, 2.75) is 40.5 Å². The molecule has 0 atom stereocenters. The molecule has 1 aromatic carbocycles. The van der Waals surface area contributed by atoms with E-state index in [-0.39, 0.29) is 0 Å². The number of hydrogen-bond acceptors (Lipinski definition) is 7. The summed E-state index contributed by atoms with van der Waals surface area (Å²) in [7, 11) is 0. The number of hydrogen-bond donors (Lipinski definition) is 6. The molecule has 0 unspecified atom stereocenters. The van der Waals surface area contributed by atoms with E-state index in [9.17, 15) is 0 Å². The summed E-state index contributed by atoms with van der Waals surface area (Å²) in [5, 5.41) is 29.7. The molecule has 0 saturated carbocycles. The summed E-state index contributed by atoms with van der Waals surface area (Å²) in [6.45, 7) is 5.93. The van der Waals surface area contributed by atoms with Crippen molar-refractivity contribution < 1.29 is 44.3 Å². The lowest BCUT2D eigenvalue weighted by molar-refractivity contribution is -0.135. The van der Waals surface area contributed by atoms with Crippen molar-refractivity contribution in [1.82, 2.24) is 0 Å². The molecule has 27 heavy (non-hydrogen) atoms. The van der Waals surface area contributed by atoms with Crippen LogP contribution in [0.3, 0.4) is 0 Å². The van der Waals surface area contributed by atoms with Crippen LogP contribution in [0.25, 0.3) is 0 Å². The smallest absolute Gasteiger partial charge is 0.300 e. The number of carboxylic acid groups (broad SMARTS) is 4. The SMILES string of the molecule is CC(=O)O.CC(=O)O.CC(=O)O.CC(=O)O.CC(N)(N)Oc1ccccc1. The summed E-state index contributed by atoms with van der Waals surface area (Å²) in [6, 6.07) is 9.23. The van der Waals surface area contributed by atoms with Gasteiger partial charge in [-0.25, -0.2) is 0 Å². The van der Waals surface area contributed by atoms with Gasteiger partial charge in [-0.3, -0.25) is 30.6 Å². The Balaban J connectivity index is -0.000000139. The zero-order valence-electron chi connectivity index (χ0n) is 15.9. The van der Waals surface area contributed by atoms with Gasteiger partial charge in [-0.05, 0) is 12.1 Å². The third kappa shape index (κ3) is 103. The fraction of sp³-hybridized carbons (Fsp3) is 0.375. The third-order valence-corrected chi connectivity index (χ3v) is 1.08. The van der Waals surface area contributed by atoms with E-state index in [1.807, 2.05) is 18.2 Å². The molecular weight excluding hydrogens is 364 g/mol. The van der Waals surface area contributed by atoms with E-state index in [4.69, 9.17) is 55.8 Å². The molecule has 0 bridgehead atoms. The zero-order chi connectivity index (χ0) is 22.6. The standard InChI is InChI=1S/C8H12N2O.4C2H4O2/c1-8(9,10)11-7-5-3-2-4-6-7;4*1-2(3)4/h2-6H,9-10H2,1H3;4*1H3,(H,3,4). The molecule has 0 saturated heterocycles. The summed E-state index contributed by atoms with van der Waals surface area (Å²) >= 11 is 0. The zero-order valence-corrected chi connectivity index (χ0v) is 15.9. The van der Waals surface area contributed by atoms with Gasteiger partial charge in [-0.1, -0.05) is 18.2 Å². The van der Waals surface area contributed by atoms with Crippen molar-refractivity contribution in [1.29, 1.82) is 0 Å². The number of rotatable bonds is 2. The molecule has 0 heterocycles. The third-order valence-electron chi connectivity index (χ3n) is 1.08. The van der Waals surface area contributed by atoms with Crippen molar-refractivity contribution in [2.75, 3.05) is 0 Å². The van der Waals surface area contributed by atoms with Crippen LogP contribution in [0.1, 0.15) is 34.6 Å². The van der Waals surface area contributed by atoms with Crippen LogP contribution in [0.5, 0.6) is 5.75 Å². The lowest BCUT2D eigenvalue weighted by atomic mass is 10.3. The highest BCUT2D eigenvalue weighted by Crippen LogP contribution is 2.10. The van der Waals surface area contributed by atoms with E-state index >= 15 is 0 Å². The molecule has 0 aliphatic rings. The van der Waals surface area contributed by atoms with Gasteiger partial charge in [0.15, 0.2) is 0 Å². The Morgan fingerprint density at radius 1 is 0.741 bits per heavy atom.